The predicted octanol–water partition coefficient (Wildman–Crippen LogP) is 4.40. The summed E-state index contributed by atoms with van der Waals surface area (Å²) in [6.45, 7) is 2.74. The first kappa shape index (κ1) is 19.6. The lowest BCUT2D eigenvalue weighted by molar-refractivity contribution is -0.118. The molecule has 27 heavy (non-hydrogen) atoms. The lowest BCUT2D eigenvalue weighted by Gasteiger charge is -2.07. The Morgan fingerprint density at radius 1 is 1.07 bits per heavy atom. The van der Waals surface area contributed by atoms with E-state index in [2.05, 4.69) is 53.6 Å². The van der Waals surface area contributed by atoms with Crippen molar-refractivity contribution in [2.75, 3.05) is 18.1 Å². The molecule has 4 nitrogen and oxygen atoms in total. The first-order valence-corrected chi connectivity index (χ1v) is 10.8. The number of amides is 1. The normalized spacial score (nSPS) is 10.7. The van der Waals surface area contributed by atoms with E-state index >= 15 is 0 Å². The van der Waals surface area contributed by atoms with Gasteiger partial charge in [-0.05, 0) is 24.6 Å². The second-order valence-electron chi connectivity index (χ2n) is 6.15. The number of thioether (sulfide) groups is 2. The average molecular weight is 398 g/mol. The summed E-state index contributed by atoms with van der Waals surface area (Å²) in [6.07, 6.45) is 1.85. The second kappa shape index (κ2) is 9.67. The quantitative estimate of drug-likeness (QED) is 0.452. The molecule has 3 aromatic rings. The van der Waals surface area contributed by atoms with Crippen LogP contribution in [0.25, 0.3) is 11.3 Å². The maximum atomic E-state index is 12.1. The van der Waals surface area contributed by atoms with E-state index in [1.165, 1.54) is 22.2 Å². The summed E-state index contributed by atoms with van der Waals surface area (Å²) in [6, 6.07) is 18.6. The fourth-order valence-corrected chi connectivity index (χ4v) is 4.13. The molecule has 0 fully saturated rings. The Kier molecular flexibility index (Phi) is 7.01. The molecule has 0 aliphatic carbocycles. The number of carbonyl (C=O) groups excluding carboxylic acids is 1. The van der Waals surface area contributed by atoms with E-state index in [1.54, 1.807) is 11.8 Å². The van der Waals surface area contributed by atoms with Gasteiger partial charge in [-0.15, -0.1) is 11.8 Å². The standard InChI is InChI=1S/C21H23N3OS2/c1-16-8-10-18(11-9-16)26-13-12-22-20(25)15-27-21-23-14-19(24(21)2)17-6-4-3-5-7-17/h3-11,14H,12-13,15H2,1-2H3,(H,22,25). The first-order chi connectivity index (χ1) is 13.1. The van der Waals surface area contributed by atoms with Crippen LogP contribution in [0, 0.1) is 6.92 Å². The Hall–Kier alpha value is -2.18. The van der Waals surface area contributed by atoms with Crippen molar-refractivity contribution in [3.8, 4) is 11.3 Å². The highest BCUT2D eigenvalue weighted by Gasteiger charge is 2.10. The highest BCUT2D eigenvalue weighted by Crippen LogP contribution is 2.24. The van der Waals surface area contributed by atoms with Gasteiger partial charge in [0.2, 0.25) is 5.91 Å². The number of nitrogens with zero attached hydrogens (tertiary/aromatic N) is 2. The van der Waals surface area contributed by atoms with E-state index in [0.717, 1.165) is 22.2 Å². The summed E-state index contributed by atoms with van der Waals surface area (Å²) >= 11 is 3.21. The lowest BCUT2D eigenvalue weighted by Crippen LogP contribution is -2.27. The molecular weight excluding hydrogens is 374 g/mol. The highest BCUT2D eigenvalue weighted by molar-refractivity contribution is 7.99. The largest absolute Gasteiger partial charge is 0.355 e. The summed E-state index contributed by atoms with van der Waals surface area (Å²) in [4.78, 5) is 17.8. The Morgan fingerprint density at radius 3 is 2.56 bits per heavy atom. The summed E-state index contributed by atoms with van der Waals surface area (Å²) < 4.78 is 2.03. The molecule has 140 valence electrons. The van der Waals surface area contributed by atoms with E-state index in [-0.39, 0.29) is 5.91 Å². The molecular formula is C21H23N3OS2. The number of hydrogen-bond donors (Lipinski definition) is 1. The van der Waals surface area contributed by atoms with Gasteiger partial charge in [0.25, 0.3) is 0 Å². The summed E-state index contributed by atoms with van der Waals surface area (Å²) in [5.41, 5.74) is 3.43. The number of aromatic nitrogens is 2. The summed E-state index contributed by atoms with van der Waals surface area (Å²) in [5, 5.41) is 3.82. The van der Waals surface area contributed by atoms with Gasteiger partial charge < -0.3 is 9.88 Å². The van der Waals surface area contributed by atoms with E-state index < -0.39 is 0 Å². The number of hydrogen-bond acceptors (Lipinski definition) is 4. The average Bonchev–Trinajstić information content (AvgIpc) is 3.06. The molecule has 1 amide bonds. The van der Waals surface area contributed by atoms with Gasteiger partial charge in [0.15, 0.2) is 5.16 Å². The number of rotatable bonds is 8. The number of benzene rings is 2. The van der Waals surface area contributed by atoms with Gasteiger partial charge >= 0.3 is 0 Å². The molecule has 0 spiro atoms. The van der Waals surface area contributed by atoms with Gasteiger partial charge in [-0.3, -0.25) is 4.79 Å². The topological polar surface area (TPSA) is 46.9 Å². The minimum Gasteiger partial charge on any atom is -0.355 e. The molecule has 6 heteroatoms. The molecule has 0 radical (unpaired) electrons. The van der Waals surface area contributed by atoms with E-state index in [1.807, 2.05) is 36.0 Å². The van der Waals surface area contributed by atoms with Crippen LogP contribution in [0.2, 0.25) is 0 Å². The molecule has 0 aliphatic heterocycles. The Balaban J connectivity index is 1.42. The van der Waals surface area contributed by atoms with Crippen LogP contribution < -0.4 is 5.32 Å². The monoisotopic (exact) mass is 397 g/mol. The molecule has 0 unspecified atom stereocenters. The molecule has 3 rings (SSSR count). The van der Waals surface area contributed by atoms with Gasteiger partial charge in [-0.1, -0.05) is 59.8 Å². The molecule has 0 bridgehead atoms. The van der Waals surface area contributed by atoms with E-state index in [4.69, 9.17) is 0 Å². The zero-order valence-corrected chi connectivity index (χ0v) is 17.1. The van der Waals surface area contributed by atoms with Gasteiger partial charge in [0.05, 0.1) is 17.6 Å². The smallest absolute Gasteiger partial charge is 0.230 e. The number of carbonyl (C=O) groups is 1. The SMILES string of the molecule is Cc1ccc(SCCNC(=O)CSc2ncc(-c3ccccc3)n2C)cc1. The van der Waals surface area contributed by atoms with Crippen molar-refractivity contribution in [2.24, 2.45) is 7.05 Å². The molecule has 0 atom stereocenters. The van der Waals surface area contributed by atoms with E-state index in [0.29, 0.717) is 12.3 Å². The van der Waals surface area contributed by atoms with Crippen LogP contribution in [-0.4, -0.2) is 33.5 Å². The van der Waals surface area contributed by atoms with Crippen LogP contribution in [0.5, 0.6) is 0 Å². The summed E-state index contributed by atoms with van der Waals surface area (Å²) in [5.74, 6) is 1.27. The lowest BCUT2D eigenvalue weighted by atomic mass is 10.2. The van der Waals surface area contributed by atoms with Crippen molar-refractivity contribution in [3.05, 3.63) is 66.4 Å². The summed E-state index contributed by atoms with van der Waals surface area (Å²) in [7, 11) is 1.98. The Morgan fingerprint density at radius 2 is 1.81 bits per heavy atom. The zero-order chi connectivity index (χ0) is 19.1. The second-order valence-corrected chi connectivity index (χ2v) is 8.26. The minimum atomic E-state index is 0.0359. The molecule has 0 saturated heterocycles. The van der Waals surface area contributed by atoms with Gasteiger partial charge in [-0.2, -0.15) is 0 Å². The molecule has 0 saturated carbocycles. The van der Waals surface area contributed by atoms with Gasteiger partial charge in [0.1, 0.15) is 0 Å². The van der Waals surface area contributed by atoms with Crippen molar-refractivity contribution in [1.82, 2.24) is 14.9 Å². The molecule has 1 heterocycles. The fraction of sp³-hybridized carbons (Fsp3) is 0.238. The Labute approximate surface area is 168 Å². The van der Waals surface area contributed by atoms with Crippen molar-refractivity contribution in [2.45, 2.75) is 17.0 Å². The zero-order valence-electron chi connectivity index (χ0n) is 15.5. The van der Waals surface area contributed by atoms with Gasteiger partial charge in [-0.25, -0.2) is 4.98 Å². The van der Waals surface area contributed by atoms with Crippen LogP contribution in [0.1, 0.15) is 5.56 Å². The van der Waals surface area contributed by atoms with Crippen LogP contribution in [-0.2, 0) is 11.8 Å². The van der Waals surface area contributed by atoms with Crippen LogP contribution >= 0.6 is 23.5 Å². The maximum absolute atomic E-state index is 12.1. The third kappa shape index (κ3) is 5.65. The number of imidazole rings is 1. The van der Waals surface area contributed by atoms with Crippen molar-refractivity contribution < 1.29 is 4.79 Å². The molecule has 1 aromatic heterocycles. The molecule has 0 aliphatic rings. The minimum absolute atomic E-state index is 0.0359. The number of aryl methyl sites for hydroxylation is 1. The predicted molar refractivity (Wildman–Crippen MR) is 114 cm³/mol. The third-order valence-electron chi connectivity index (χ3n) is 4.06. The maximum Gasteiger partial charge on any atom is 0.230 e. The van der Waals surface area contributed by atoms with E-state index in [9.17, 15) is 4.79 Å². The number of nitrogens with one attached hydrogen (secondary N) is 1. The van der Waals surface area contributed by atoms with Crippen molar-refractivity contribution in [3.63, 3.8) is 0 Å². The van der Waals surface area contributed by atoms with Crippen molar-refractivity contribution >= 4 is 29.4 Å². The van der Waals surface area contributed by atoms with Gasteiger partial charge in [0, 0.05) is 24.2 Å². The Bertz CT molecular complexity index is 876. The van der Waals surface area contributed by atoms with Crippen LogP contribution in [0.4, 0.5) is 0 Å². The fourth-order valence-electron chi connectivity index (χ4n) is 2.58. The molecule has 2 aromatic carbocycles. The first-order valence-electron chi connectivity index (χ1n) is 8.79. The van der Waals surface area contributed by atoms with Crippen LogP contribution in [0.15, 0.2) is 70.8 Å². The van der Waals surface area contributed by atoms with Crippen molar-refractivity contribution in [1.29, 1.82) is 0 Å². The molecule has 1 N–H and O–H groups in total. The highest BCUT2D eigenvalue weighted by atomic mass is 32.2. The van der Waals surface area contributed by atoms with Crippen LogP contribution in [0.3, 0.4) is 0 Å². The third-order valence-corrected chi connectivity index (χ3v) is 6.12.